The van der Waals surface area contributed by atoms with Gasteiger partial charge in [0.15, 0.2) is 0 Å². The first-order valence-corrected chi connectivity index (χ1v) is 6.33. The molecule has 20 heavy (non-hydrogen) atoms. The molecule has 0 saturated carbocycles. The molecule has 1 unspecified atom stereocenters. The summed E-state index contributed by atoms with van der Waals surface area (Å²) in [6.45, 7) is 1.74. The summed E-state index contributed by atoms with van der Waals surface area (Å²) in [5.41, 5.74) is 6.31. The first kappa shape index (κ1) is 14.6. The molecule has 1 nitrogen and oxygen atoms in total. The second-order valence-electron chi connectivity index (χ2n) is 5.37. The highest BCUT2D eigenvalue weighted by Crippen LogP contribution is 2.20. The van der Waals surface area contributed by atoms with Gasteiger partial charge in [-0.05, 0) is 61.2 Å². The van der Waals surface area contributed by atoms with Crippen molar-refractivity contribution in [3.05, 3.63) is 71.0 Å². The lowest BCUT2D eigenvalue weighted by Gasteiger charge is -2.25. The summed E-state index contributed by atoms with van der Waals surface area (Å²) in [7, 11) is 0. The minimum Gasteiger partial charge on any atom is -0.325 e. The van der Waals surface area contributed by atoms with Gasteiger partial charge < -0.3 is 5.73 Å². The van der Waals surface area contributed by atoms with Crippen molar-refractivity contribution in [2.45, 2.75) is 25.3 Å². The molecule has 0 amide bonds. The summed E-state index contributed by atoms with van der Waals surface area (Å²) < 4.78 is 39.9. The van der Waals surface area contributed by atoms with E-state index in [-0.39, 0.29) is 17.8 Å². The van der Waals surface area contributed by atoms with Crippen LogP contribution in [-0.4, -0.2) is 5.54 Å². The van der Waals surface area contributed by atoms with E-state index in [0.717, 1.165) is 23.8 Å². The third kappa shape index (κ3) is 3.84. The van der Waals surface area contributed by atoms with E-state index < -0.39 is 17.2 Å². The molecule has 0 saturated heterocycles. The zero-order valence-corrected chi connectivity index (χ0v) is 11.2. The van der Waals surface area contributed by atoms with Gasteiger partial charge in [-0.15, -0.1) is 0 Å². The summed E-state index contributed by atoms with van der Waals surface area (Å²) in [6.07, 6.45) is 0.549. The van der Waals surface area contributed by atoms with Gasteiger partial charge in [0.1, 0.15) is 17.5 Å². The number of benzene rings is 2. The Hall–Kier alpha value is -1.81. The van der Waals surface area contributed by atoms with Crippen molar-refractivity contribution < 1.29 is 13.2 Å². The van der Waals surface area contributed by atoms with Crippen LogP contribution in [0, 0.1) is 17.5 Å². The number of nitrogens with two attached hydrogens (primary N) is 1. The topological polar surface area (TPSA) is 26.0 Å². The maximum atomic E-state index is 13.6. The fraction of sp³-hybridized carbons (Fsp3) is 0.250. The molecule has 106 valence electrons. The zero-order valence-electron chi connectivity index (χ0n) is 11.2. The Kier molecular flexibility index (Phi) is 4.14. The van der Waals surface area contributed by atoms with Crippen LogP contribution in [0.1, 0.15) is 18.1 Å². The van der Waals surface area contributed by atoms with E-state index in [1.54, 1.807) is 19.1 Å². The lowest BCUT2D eigenvalue weighted by Crippen LogP contribution is -2.41. The molecular weight excluding hydrogens is 263 g/mol. The predicted molar refractivity (Wildman–Crippen MR) is 72.8 cm³/mol. The maximum absolute atomic E-state index is 13.6. The van der Waals surface area contributed by atoms with Gasteiger partial charge in [0.2, 0.25) is 0 Å². The molecule has 0 fully saturated rings. The molecule has 0 aliphatic carbocycles. The largest absolute Gasteiger partial charge is 0.325 e. The van der Waals surface area contributed by atoms with Gasteiger partial charge in [-0.25, -0.2) is 13.2 Å². The van der Waals surface area contributed by atoms with Crippen molar-refractivity contribution in [1.82, 2.24) is 0 Å². The van der Waals surface area contributed by atoms with Crippen molar-refractivity contribution in [3.8, 4) is 0 Å². The van der Waals surface area contributed by atoms with E-state index in [0.29, 0.717) is 6.42 Å². The molecule has 2 rings (SSSR count). The first-order chi connectivity index (χ1) is 9.35. The molecule has 0 spiro atoms. The molecule has 2 N–H and O–H groups in total. The zero-order chi connectivity index (χ0) is 14.8. The van der Waals surface area contributed by atoms with Crippen LogP contribution >= 0.6 is 0 Å². The molecule has 0 radical (unpaired) electrons. The Bertz CT molecular complexity index is 608. The Balaban J connectivity index is 2.16. The summed E-state index contributed by atoms with van der Waals surface area (Å²) in [4.78, 5) is 0. The van der Waals surface area contributed by atoms with Crippen molar-refractivity contribution in [2.75, 3.05) is 0 Å². The lowest BCUT2D eigenvalue weighted by molar-refractivity contribution is 0.448. The minimum atomic E-state index is -0.789. The van der Waals surface area contributed by atoms with Gasteiger partial charge in [0.05, 0.1) is 0 Å². The SMILES string of the molecule is CC(N)(Cc1cccc(F)c1)Cc1cc(F)ccc1F. The van der Waals surface area contributed by atoms with Crippen LogP contribution < -0.4 is 5.73 Å². The smallest absolute Gasteiger partial charge is 0.126 e. The van der Waals surface area contributed by atoms with E-state index in [2.05, 4.69) is 0 Å². The van der Waals surface area contributed by atoms with Crippen LogP contribution in [0.3, 0.4) is 0 Å². The Labute approximate surface area is 116 Å². The van der Waals surface area contributed by atoms with Crippen molar-refractivity contribution in [2.24, 2.45) is 5.73 Å². The monoisotopic (exact) mass is 279 g/mol. The van der Waals surface area contributed by atoms with Gasteiger partial charge in [-0.2, -0.15) is 0 Å². The summed E-state index contributed by atoms with van der Waals surface area (Å²) >= 11 is 0. The highest BCUT2D eigenvalue weighted by atomic mass is 19.1. The molecular formula is C16H16F3N. The van der Waals surface area contributed by atoms with Gasteiger partial charge in [-0.3, -0.25) is 0 Å². The molecule has 2 aromatic carbocycles. The van der Waals surface area contributed by atoms with Crippen molar-refractivity contribution >= 4 is 0 Å². The Morgan fingerprint density at radius 2 is 1.65 bits per heavy atom. The Morgan fingerprint density at radius 1 is 0.950 bits per heavy atom. The molecule has 0 aliphatic heterocycles. The number of hydrogen-bond donors (Lipinski definition) is 1. The van der Waals surface area contributed by atoms with Crippen LogP contribution in [0.25, 0.3) is 0 Å². The van der Waals surface area contributed by atoms with E-state index >= 15 is 0 Å². The average Bonchev–Trinajstić information content (AvgIpc) is 2.33. The Morgan fingerprint density at radius 3 is 2.35 bits per heavy atom. The second-order valence-corrected chi connectivity index (χ2v) is 5.37. The standard InChI is InChI=1S/C16H16F3N/c1-16(20,9-11-3-2-4-13(17)7-11)10-12-8-14(18)5-6-15(12)19/h2-8H,9-10,20H2,1H3. The van der Waals surface area contributed by atoms with Crippen LogP contribution in [0.15, 0.2) is 42.5 Å². The van der Waals surface area contributed by atoms with Gasteiger partial charge in [0, 0.05) is 5.54 Å². The number of halogens is 3. The van der Waals surface area contributed by atoms with Gasteiger partial charge in [0.25, 0.3) is 0 Å². The van der Waals surface area contributed by atoms with Crippen LogP contribution in [0.4, 0.5) is 13.2 Å². The molecule has 0 aliphatic rings. The van der Waals surface area contributed by atoms with Crippen molar-refractivity contribution in [1.29, 1.82) is 0 Å². The third-order valence-electron chi connectivity index (χ3n) is 3.10. The minimum absolute atomic E-state index is 0.174. The average molecular weight is 279 g/mol. The van der Waals surface area contributed by atoms with Crippen LogP contribution in [0.2, 0.25) is 0 Å². The third-order valence-corrected chi connectivity index (χ3v) is 3.10. The fourth-order valence-electron chi connectivity index (χ4n) is 2.29. The molecule has 1 atom stereocenters. The number of rotatable bonds is 4. The van der Waals surface area contributed by atoms with E-state index in [4.69, 9.17) is 5.73 Å². The molecule has 2 aromatic rings. The quantitative estimate of drug-likeness (QED) is 0.909. The lowest BCUT2D eigenvalue weighted by atomic mass is 9.87. The van der Waals surface area contributed by atoms with Gasteiger partial charge in [-0.1, -0.05) is 12.1 Å². The molecule has 0 bridgehead atoms. The van der Waals surface area contributed by atoms with Crippen molar-refractivity contribution in [3.63, 3.8) is 0 Å². The van der Waals surface area contributed by atoms with E-state index in [9.17, 15) is 13.2 Å². The fourth-order valence-corrected chi connectivity index (χ4v) is 2.29. The highest BCUT2D eigenvalue weighted by molar-refractivity contribution is 5.24. The van der Waals surface area contributed by atoms with Crippen LogP contribution in [-0.2, 0) is 12.8 Å². The molecule has 4 heteroatoms. The summed E-state index contributed by atoms with van der Waals surface area (Å²) in [6, 6.07) is 9.41. The number of hydrogen-bond acceptors (Lipinski definition) is 1. The first-order valence-electron chi connectivity index (χ1n) is 6.33. The molecule has 0 aromatic heterocycles. The second kappa shape index (κ2) is 5.67. The van der Waals surface area contributed by atoms with E-state index in [1.807, 2.05) is 0 Å². The summed E-state index contributed by atoms with van der Waals surface area (Å²) in [5.74, 6) is -1.32. The molecule has 0 heterocycles. The van der Waals surface area contributed by atoms with E-state index in [1.165, 1.54) is 12.1 Å². The van der Waals surface area contributed by atoms with Crippen LogP contribution in [0.5, 0.6) is 0 Å². The maximum Gasteiger partial charge on any atom is 0.126 e. The summed E-state index contributed by atoms with van der Waals surface area (Å²) in [5, 5.41) is 0. The predicted octanol–water partition coefficient (Wildman–Crippen LogP) is 3.61. The highest BCUT2D eigenvalue weighted by Gasteiger charge is 2.22. The van der Waals surface area contributed by atoms with Gasteiger partial charge >= 0.3 is 0 Å². The normalized spacial score (nSPS) is 14.1.